The van der Waals surface area contributed by atoms with Crippen LogP contribution >= 0.6 is 0 Å². The molecule has 5 nitrogen and oxygen atoms in total. The zero-order valence-electron chi connectivity index (χ0n) is 15.7. The molecule has 1 saturated heterocycles. The Hall–Kier alpha value is -3.60. The maximum atomic E-state index is 13.4. The predicted molar refractivity (Wildman–Crippen MR) is 109 cm³/mol. The summed E-state index contributed by atoms with van der Waals surface area (Å²) in [4.78, 5) is 30.1. The van der Waals surface area contributed by atoms with Gasteiger partial charge in [0.25, 0.3) is 11.8 Å². The number of hydrogen-bond acceptors (Lipinski definition) is 3. The number of furan rings is 1. The van der Waals surface area contributed by atoms with Crippen molar-refractivity contribution < 1.29 is 14.0 Å². The van der Waals surface area contributed by atoms with Crippen LogP contribution < -0.4 is 9.80 Å². The Morgan fingerprint density at radius 2 is 1.25 bits per heavy atom. The molecule has 4 rings (SSSR count). The predicted octanol–water partition coefficient (Wildman–Crippen LogP) is 4.48. The molecule has 0 unspecified atom stereocenters. The molecular weight excluding hydrogens is 352 g/mol. The van der Waals surface area contributed by atoms with E-state index in [1.807, 2.05) is 74.5 Å². The molecule has 0 N–H and O–H groups in total. The van der Waals surface area contributed by atoms with E-state index >= 15 is 0 Å². The Balaban J connectivity index is 1.91. The third-order valence-electron chi connectivity index (χ3n) is 4.82. The van der Waals surface area contributed by atoms with E-state index in [9.17, 15) is 9.59 Å². The highest BCUT2D eigenvalue weighted by atomic mass is 16.3. The summed E-state index contributed by atoms with van der Waals surface area (Å²) in [5.74, 6) is -0.257. The summed E-state index contributed by atoms with van der Waals surface area (Å²) in [6.07, 6.45) is 3.02. The first kappa shape index (κ1) is 17.8. The largest absolute Gasteiger partial charge is 0.465 e. The van der Waals surface area contributed by atoms with Crippen LogP contribution in [-0.4, -0.2) is 17.5 Å². The average Bonchev–Trinajstić information content (AvgIpc) is 3.20. The van der Waals surface area contributed by atoms with Crippen LogP contribution in [0.4, 0.5) is 11.4 Å². The van der Waals surface area contributed by atoms with Crippen LogP contribution in [0.2, 0.25) is 0 Å². The maximum absolute atomic E-state index is 13.4. The van der Waals surface area contributed by atoms with Gasteiger partial charge in [-0.3, -0.25) is 19.4 Å². The molecule has 0 saturated carbocycles. The van der Waals surface area contributed by atoms with E-state index < -0.39 is 5.66 Å². The zero-order chi connectivity index (χ0) is 19.7. The van der Waals surface area contributed by atoms with Crippen LogP contribution in [-0.2, 0) is 9.59 Å². The molecular formula is C23H20N2O3. The van der Waals surface area contributed by atoms with Crippen molar-refractivity contribution in [3.63, 3.8) is 0 Å². The fourth-order valence-electron chi connectivity index (χ4n) is 3.59. The molecule has 0 bridgehead atoms. The molecule has 0 aliphatic carbocycles. The van der Waals surface area contributed by atoms with Crippen LogP contribution in [0.5, 0.6) is 0 Å². The smallest absolute Gasteiger partial charge is 0.265 e. The number of benzene rings is 2. The van der Waals surface area contributed by atoms with Crippen LogP contribution in [0.25, 0.3) is 6.08 Å². The van der Waals surface area contributed by atoms with E-state index in [1.54, 1.807) is 21.9 Å². The lowest BCUT2D eigenvalue weighted by Gasteiger charge is -2.50. The van der Waals surface area contributed by atoms with Crippen molar-refractivity contribution in [1.29, 1.82) is 0 Å². The van der Waals surface area contributed by atoms with Gasteiger partial charge in [0.2, 0.25) is 0 Å². The number of carbonyl (C=O) groups is 2. The Labute approximate surface area is 163 Å². The van der Waals surface area contributed by atoms with E-state index in [0.29, 0.717) is 5.76 Å². The summed E-state index contributed by atoms with van der Waals surface area (Å²) in [5.41, 5.74) is 0.590. The highest BCUT2D eigenvalue weighted by Gasteiger charge is 2.49. The minimum Gasteiger partial charge on any atom is -0.465 e. The van der Waals surface area contributed by atoms with E-state index in [2.05, 4.69) is 0 Å². The molecule has 28 heavy (non-hydrogen) atoms. The molecule has 1 fully saturated rings. The summed E-state index contributed by atoms with van der Waals surface area (Å²) in [6.45, 7) is 3.74. The standard InChI is InChI=1S/C23H20N2O3/c1-23(2)24(17-10-5-3-6-11-17)21(26)20(16-19-14-9-15-28-19)22(27)25(23)18-12-7-4-8-13-18/h3-16H,1-2H3. The number of carbonyl (C=O) groups excluding carboxylic acids is 2. The Morgan fingerprint density at radius 1 is 0.750 bits per heavy atom. The van der Waals surface area contributed by atoms with Gasteiger partial charge < -0.3 is 4.42 Å². The molecule has 1 aliphatic heterocycles. The molecule has 140 valence electrons. The van der Waals surface area contributed by atoms with Gasteiger partial charge in [-0.15, -0.1) is 0 Å². The van der Waals surface area contributed by atoms with Gasteiger partial charge in [0.05, 0.1) is 6.26 Å². The first-order valence-electron chi connectivity index (χ1n) is 9.04. The van der Waals surface area contributed by atoms with Gasteiger partial charge in [-0.1, -0.05) is 36.4 Å². The number of para-hydroxylation sites is 2. The van der Waals surface area contributed by atoms with Gasteiger partial charge in [-0.2, -0.15) is 0 Å². The second-order valence-electron chi connectivity index (χ2n) is 7.02. The van der Waals surface area contributed by atoms with E-state index in [0.717, 1.165) is 11.4 Å². The average molecular weight is 372 g/mol. The lowest BCUT2D eigenvalue weighted by molar-refractivity contribution is -0.124. The summed E-state index contributed by atoms with van der Waals surface area (Å²) in [7, 11) is 0. The van der Waals surface area contributed by atoms with Crippen molar-refractivity contribution in [2.75, 3.05) is 9.80 Å². The van der Waals surface area contributed by atoms with Crippen LogP contribution in [0, 0.1) is 0 Å². The van der Waals surface area contributed by atoms with Gasteiger partial charge in [-0.25, -0.2) is 0 Å². The number of hydrogen-bond donors (Lipinski definition) is 0. The van der Waals surface area contributed by atoms with Crippen molar-refractivity contribution >= 4 is 29.3 Å². The number of nitrogens with zero attached hydrogens (tertiary/aromatic N) is 2. The van der Waals surface area contributed by atoms with E-state index in [4.69, 9.17) is 4.42 Å². The first-order valence-corrected chi connectivity index (χ1v) is 9.04. The lowest BCUT2D eigenvalue weighted by Crippen LogP contribution is -2.67. The van der Waals surface area contributed by atoms with Gasteiger partial charge in [0.15, 0.2) is 0 Å². The monoisotopic (exact) mass is 372 g/mol. The third-order valence-corrected chi connectivity index (χ3v) is 4.82. The van der Waals surface area contributed by atoms with Crippen molar-refractivity contribution in [1.82, 2.24) is 0 Å². The van der Waals surface area contributed by atoms with Gasteiger partial charge in [0.1, 0.15) is 17.0 Å². The Morgan fingerprint density at radius 3 is 1.68 bits per heavy atom. The highest BCUT2D eigenvalue weighted by molar-refractivity contribution is 6.33. The molecule has 1 aromatic heterocycles. The summed E-state index contributed by atoms with van der Waals surface area (Å²) < 4.78 is 5.35. The molecule has 2 aromatic carbocycles. The summed E-state index contributed by atoms with van der Waals surface area (Å²) in [6, 6.07) is 22.2. The van der Waals surface area contributed by atoms with Gasteiger partial charge in [0, 0.05) is 11.4 Å². The number of rotatable bonds is 3. The Bertz CT molecular complexity index is 959. The van der Waals surface area contributed by atoms with Crippen LogP contribution in [0.1, 0.15) is 19.6 Å². The van der Waals surface area contributed by atoms with Crippen LogP contribution in [0.15, 0.2) is 89.0 Å². The molecule has 0 radical (unpaired) electrons. The molecule has 1 aliphatic rings. The SMILES string of the molecule is CC1(C)N(c2ccccc2)C(=O)C(=Cc2ccco2)C(=O)N1c1ccccc1. The van der Waals surface area contributed by atoms with Crippen LogP contribution in [0.3, 0.4) is 0 Å². The lowest BCUT2D eigenvalue weighted by atomic mass is 9.97. The van der Waals surface area contributed by atoms with Crippen molar-refractivity contribution in [3.8, 4) is 0 Å². The molecule has 0 spiro atoms. The fourth-order valence-corrected chi connectivity index (χ4v) is 3.59. The highest BCUT2D eigenvalue weighted by Crippen LogP contribution is 2.38. The maximum Gasteiger partial charge on any atom is 0.265 e. The third kappa shape index (κ3) is 2.91. The number of anilines is 2. The van der Waals surface area contributed by atoms with Gasteiger partial charge >= 0.3 is 0 Å². The zero-order valence-corrected chi connectivity index (χ0v) is 15.7. The van der Waals surface area contributed by atoms with Crippen molar-refractivity contribution in [2.45, 2.75) is 19.5 Å². The normalized spacial score (nSPS) is 16.4. The minimum atomic E-state index is -0.905. The number of amides is 2. The quantitative estimate of drug-likeness (QED) is 0.503. The Kier molecular flexibility index (Phi) is 4.35. The first-order chi connectivity index (χ1) is 13.5. The fraction of sp³-hybridized carbons (Fsp3) is 0.130. The van der Waals surface area contributed by atoms with E-state index in [-0.39, 0.29) is 17.4 Å². The van der Waals surface area contributed by atoms with Crippen molar-refractivity contribution in [2.24, 2.45) is 0 Å². The summed E-state index contributed by atoms with van der Waals surface area (Å²) >= 11 is 0. The van der Waals surface area contributed by atoms with Crippen molar-refractivity contribution in [3.05, 3.63) is 90.4 Å². The van der Waals surface area contributed by atoms with E-state index in [1.165, 1.54) is 12.3 Å². The second-order valence-corrected chi connectivity index (χ2v) is 7.02. The molecule has 2 amide bonds. The molecule has 5 heteroatoms. The summed E-state index contributed by atoms with van der Waals surface area (Å²) in [5, 5.41) is 0. The molecule has 2 heterocycles. The topological polar surface area (TPSA) is 53.8 Å². The molecule has 0 atom stereocenters. The second kappa shape index (κ2) is 6.85. The van der Waals surface area contributed by atoms with Gasteiger partial charge in [-0.05, 0) is 56.3 Å². The minimum absolute atomic E-state index is 0.0574. The molecule has 3 aromatic rings.